The maximum atomic E-state index is 12.0. The second-order valence-electron chi connectivity index (χ2n) is 4.34. The Morgan fingerprint density at radius 1 is 1.39 bits per heavy atom. The van der Waals surface area contributed by atoms with E-state index in [1.165, 1.54) is 0 Å². The van der Waals surface area contributed by atoms with Crippen LogP contribution in [0.2, 0.25) is 0 Å². The molecule has 1 aromatic carbocycles. The minimum absolute atomic E-state index is 0.00903. The normalized spacial score (nSPS) is 9.44. The lowest BCUT2D eigenvalue weighted by Gasteiger charge is -2.20. The summed E-state index contributed by atoms with van der Waals surface area (Å²) < 4.78 is 0. The number of amides is 1. The van der Waals surface area contributed by atoms with E-state index in [1.54, 1.807) is 17.0 Å². The number of carbonyl (C=O) groups excluding carboxylic acids is 1. The fourth-order valence-electron chi connectivity index (χ4n) is 1.66. The third-order valence-corrected chi connectivity index (χ3v) is 2.60. The van der Waals surface area contributed by atoms with Crippen molar-refractivity contribution < 1.29 is 4.79 Å². The molecular formula is C15H18N2O. The lowest BCUT2D eigenvalue weighted by Crippen LogP contribution is -2.29. The number of likely N-dealkylation sites (N-methyl/N-ethyl adjacent to an activating group) is 1. The summed E-state index contributed by atoms with van der Waals surface area (Å²) in [7, 11) is 0. The molecule has 0 heterocycles. The van der Waals surface area contributed by atoms with Gasteiger partial charge in [-0.2, -0.15) is 5.26 Å². The molecule has 94 valence electrons. The molecule has 3 heteroatoms. The highest BCUT2D eigenvalue weighted by molar-refractivity contribution is 5.88. The minimum atomic E-state index is -0.00903. The van der Waals surface area contributed by atoms with Gasteiger partial charge in [0.25, 0.3) is 0 Å². The molecule has 3 nitrogen and oxygen atoms in total. The van der Waals surface area contributed by atoms with E-state index < -0.39 is 0 Å². The van der Waals surface area contributed by atoms with E-state index in [0.29, 0.717) is 18.7 Å². The van der Waals surface area contributed by atoms with E-state index >= 15 is 0 Å². The molecule has 0 aliphatic carbocycles. The largest absolute Gasteiger partial charge is 0.335 e. The number of hydrogen-bond acceptors (Lipinski definition) is 2. The van der Waals surface area contributed by atoms with Gasteiger partial charge in [-0.25, -0.2) is 0 Å². The van der Waals surface area contributed by atoms with Gasteiger partial charge in [0, 0.05) is 19.2 Å². The maximum Gasteiger partial charge on any atom is 0.246 e. The first-order chi connectivity index (χ1) is 8.58. The Morgan fingerprint density at radius 2 is 2.06 bits per heavy atom. The molecule has 1 aromatic rings. The van der Waals surface area contributed by atoms with Crippen molar-refractivity contribution in [3.8, 4) is 6.07 Å². The van der Waals surface area contributed by atoms with Gasteiger partial charge in [-0.05, 0) is 32.4 Å². The Morgan fingerprint density at radius 3 is 2.61 bits per heavy atom. The third-order valence-electron chi connectivity index (χ3n) is 2.60. The summed E-state index contributed by atoms with van der Waals surface area (Å²) in [4.78, 5) is 13.7. The van der Waals surface area contributed by atoms with Gasteiger partial charge in [0.05, 0.1) is 11.6 Å². The first kappa shape index (κ1) is 14.0. The van der Waals surface area contributed by atoms with Crippen LogP contribution in [0, 0.1) is 11.3 Å². The van der Waals surface area contributed by atoms with Gasteiger partial charge in [-0.15, -0.1) is 0 Å². The molecule has 0 aromatic heterocycles. The van der Waals surface area contributed by atoms with Gasteiger partial charge in [0.15, 0.2) is 0 Å². The smallest absolute Gasteiger partial charge is 0.246 e. The summed E-state index contributed by atoms with van der Waals surface area (Å²) in [6.07, 6.45) is 1.62. The number of benzene rings is 1. The van der Waals surface area contributed by atoms with Crippen molar-refractivity contribution in [1.29, 1.82) is 5.26 Å². The summed E-state index contributed by atoms with van der Waals surface area (Å²) in [5, 5.41) is 9.02. The number of rotatable bonds is 4. The SMILES string of the molecule is CCN(Cc1ccccc1C#N)C(=O)C=C(C)C. The average molecular weight is 242 g/mol. The molecule has 0 saturated carbocycles. The Labute approximate surface area is 108 Å². The summed E-state index contributed by atoms with van der Waals surface area (Å²) in [6, 6.07) is 9.52. The van der Waals surface area contributed by atoms with Crippen molar-refractivity contribution in [2.24, 2.45) is 0 Å². The number of nitriles is 1. The Bertz CT molecular complexity index is 493. The lowest BCUT2D eigenvalue weighted by atomic mass is 10.1. The summed E-state index contributed by atoms with van der Waals surface area (Å²) in [5.41, 5.74) is 2.49. The quantitative estimate of drug-likeness (QED) is 0.762. The van der Waals surface area contributed by atoms with Crippen molar-refractivity contribution >= 4 is 5.91 Å². The summed E-state index contributed by atoms with van der Waals surface area (Å²) in [5.74, 6) is -0.00903. The van der Waals surface area contributed by atoms with Crippen LogP contribution in [-0.2, 0) is 11.3 Å². The lowest BCUT2D eigenvalue weighted by molar-refractivity contribution is -0.126. The topological polar surface area (TPSA) is 44.1 Å². The van der Waals surface area contributed by atoms with Crippen LogP contribution in [-0.4, -0.2) is 17.4 Å². The molecule has 18 heavy (non-hydrogen) atoms. The fourth-order valence-corrected chi connectivity index (χ4v) is 1.66. The maximum absolute atomic E-state index is 12.0. The molecule has 0 unspecified atom stereocenters. The fraction of sp³-hybridized carbons (Fsp3) is 0.333. The van der Waals surface area contributed by atoms with Crippen LogP contribution in [0.5, 0.6) is 0 Å². The monoisotopic (exact) mass is 242 g/mol. The zero-order chi connectivity index (χ0) is 13.5. The molecule has 0 atom stereocenters. The van der Waals surface area contributed by atoms with Crippen molar-refractivity contribution in [2.45, 2.75) is 27.3 Å². The van der Waals surface area contributed by atoms with Crippen molar-refractivity contribution in [3.63, 3.8) is 0 Å². The van der Waals surface area contributed by atoms with E-state index in [9.17, 15) is 4.79 Å². The van der Waals surface area contributed by atoms with E-state index in [4.69, 9.17) is 5.26 Å². The predicted octanol–water partition coefficient (Wildman–Crippen LogP) is 2.87. The van der Waals surface area contributed by atoms with Crippen LogP contribution >= 0.6 is 0 Å². The molecule has 1 rings (SSSR count). The van der Waals surface area contributed by atoms with Gasteiger partial charge < -0.3 is 4.90 Å². The zero-order valence-electron chi connectivity index (χ0n) is 11.1. The minimum Gasteiger partial charge on any atom is -0.335 e. The second kappa shape index (κ2) is 6.61. The highest BCUT2D eigenvalue weighted by Crippen LogP contribution is 2.11. The van der Waals surface area contributed by atoms with E-state index in [0.717, 1.165) is 11.1 Å². The number of nitrogens with zero attached hydrogens (tertiary/aromatic N) is 2. The van der Waals surface area contributed by atoms with E-state index in [-0.39, 0.29) is 5.91 Å². The summed E-state index contributed by atoms with van der Waals surface area (Å²) >= 11 is 0. The number of hydrogen-bond donors (Lipinski definition) is 0. The van der Waals surface area contributed by atoms with Crippen LogP contribution in [0.25, 0.3) is 0 Å². The van der Waals surface area contributed by atoms with Crippen LogP contribution < -0.4 is 0 Å². The third kappa shape index (κ3) is 3.74. The van der Waals surface area contributed by atoms with Crippen molar-refractivity contribution in [2.75, 3.05) is 6.54 Å². The zero-order valence-corrected chi connectivity index (χ0v) is 11.1. The molecule has 0 bridgehead atoms. The molecule has 0 saturated heterocycles. The molecule has 0 N–H and O–H groups in total. The standard InChI is InChI=1S/C15H18N2O/c1-4-17(15(18)9-12(2)3)11-14-8-6-5-7-13(14)10-16/h5-9H,4,11H2,1-3H3. The molecule has 0 aliphatic heterocycles. The van der Waals surface area contributed by atoms with Crippen molar-refractivity contribution in [1.82, 2.24) is 4.90 Å². The van der Waals surface area contributed by atoms with Crippen molar-refractivity contribution in [3.05, 3.63) is 47.0 Å². The predicted molar refractivity (Wildman–Crippen MR) is 71.7 cm³/mol. The molecule has 0 radical (unpaired) electrons. The molecule has 0 aliphatic rings. The van der Waals surface area contributed by atoms with E-state index in [2.05, 4.69) is 6.07 Å². The van der Waals surface area contributed by atoms with Gasteiger partial charge in [0.2, 0.25) is 5.91 Å². The van der Waals surface area contributed by atoms with Gasteiger partial charge in [-0.3, -0.25) is 4.79 Å². The molecule has 1 amide bonds. The molecular weight excluding hydrogens is 224 g/mol. The molecule has 0 spiro atoms. The van der Waals surface area contributed by atoms with Crippen LogP contribution in [0.15, 0.2) is 35.9 Å². The first-order valence-electron chi connectivity index (χ1n) is 6.00. The highest BCUT2D eigenvalue weighted by atomic mass is 16.2. The number of allylic oxidation sites excluding steroid dienone is 1. The first-order valence-corrected chi connectivity index (χ1v) is 6.00. The van der Waals surface area contributed by atoms with Crippen LogP contribution in [0.1, 0.15) is 31.9 Å². The molecule has 0 fully saturated rings. The van der Waals surface area contributed by atoms with Gasteiger partial charge >= 0.3 is 0 Å². The number of carbonyl (C=O) groups is 1. The van der Waals surface area contributed by atoms with Gasteiger partial charge in [0.1, 0.15) is 0 Å². The Kier molecular flexibility index (Phi) is 5.13. The van der Waals surface area contributed by atoms with Crippen LogP contribution in [0.3, 0.4) is 0 Å². The van der Waals surface area contributed by atoms with Crippen LogP contribution in [0.4, 0.5) is 0 Å². The van der Waals surface area contributed by atoms with E-state index in [1.807, 2.05) is 39.0 Å². The average Bonchev–Trinajstić information content (AvgIpc) is 2.35. The highest BCUT2D eigenvalue weighted by Gasteiger charge is 2.11. The van der Waals surface area contributed by atoms with Gasteiger partial charge in [-0.1, -0.05) is 23.8 Å². The summed E-state index contributed by atoms with van der Waals surface area (Å²) in [6.45, 7) is 6.83. The second-order valence-corrected chi connectivity index (χ2v) is 4.34. The Hall–Kier alpha value is -2.08. The Balaban J connectivity index is 2.90.